The zero-order valence-electron chi connectivity index (χ0n) is 14.9. The third-order valence-corrected chi connectivity index (χ3v) is 5.02. The molecule has 0 fully saturated rings. The van der Waals surface area contributed by atoms with Gasteiger partial charge in [-0.05, 0) is 55.0 Å². The molecule has 0 aliphatic carbocycles. The first kappa shape index (κ1) is 17.4. The standard InChI is InChI=1S/C20H23N3OS/c1-4-5-10-21-20(24)18-13-16(19-7-6-11-25-19)22-23(18)17-12-14(2)8-9-15(17)3/h6-9,11-13H,4-5,10H2,1-3H3,(H,21,24). The second kappa shape index (κ2) is 7.66. The van der Waals surface area contributed by atoms with Crippen molar-refractivity contribution in [2.75, 3.05) is 6.54 Å². The first-order valence-electron chi connectivity index (χ1n) is 8.60. The number of rotatable bonds is 6. The first-order valence-corrected chi connectivity index (χ1v) is 9.48. The van der Waals surface area contributed by atoms with E-state index in [0.717, 1.165) is 40.2 Å². The van der Waals surface area contributed by atoms with Crippen LogP contribution in [-0.2, 0) is 0 Å². The number of nitrogens with one attached hydrogen (secondary N) is 1. The van der Waals surface area contributed by atoms with Crippen LogP contribution >= 0.6 is 11.3 Å². The zero-order chi connectivity index (χ0) is 17.8. The van der Waals surface area contributed by atoms with Crippen molar-refractivity contribution in [1.29, 1.82) is 0 Å². The molecule has 0 unspecified atom stereocenters. The molecule has 0 bridgehead atoms. The summed E-state index contributed by atoms with van der Waals surface area (Å²) in [6.07, 6.45) is 2.03. The summed E-state index contributed by atoms with van der Waals surface area (Å²) < 4.78 is 1.78. The number of thiophene rings is 1. The maximum atomic E-state index is 12.7. The van der Waals surface area contributed by atoms with E-state index in [9.17, 15) is 4.79 Å². The molecule has 2 heterocycles. The van der Waals surface area contributed by atoms with Crippen molar-refractivity contribution in [2.24, 2.45) is 0 Å². The summed E-state index contributed by atoms with van der Waals surface area (Å²) in [5.41, 5.74) is 4.59. The summed E-state index contributed by atoms with van der Waals surface area (Å²) in [6.45, 7) is 6.89. The van der Waals surface area contributed by atoms with Gasteiger partial charge < -0.3 is 5.32 Å². The van der Waals surface area contributed by atoms with Crippen molar-refractivity contribution >= 4 is 17.2 Å². The Bertz CT molecular complexity index is 865. The van der Waals surface area contributed by atoms with Crippen LogP contribution < -0.4 is 5.32 Å². The molecule has 0 atom stereocenters. The number of aryl methyl sites for hydroxylation is 2. The number of benzene rings is 1. The van der Waals surface area contributed by atoms with Gasteiger partial charge in [0.2, 0.25) is 0 Å². The molecule has 1 aromatic carbocycles. The van der Waals surface area contributed by atoms with Crippen LogP contribution in [0.15, 0.2) is 41.8 Å². The van der Waals surface area contributed by atoms with Gasteiger partial charge in [0.05, 0.1) is 10.6 Å². The summed E-state index contributed by atoms with van der Waals surface area (Å²) in [5, 5.41) is 9.77. The maximum Gasteiger partial charge on any atom is 0.270 e. The SMILES string of the molecule is CCCCNC(=O)c1cc(-c2cccs2)nn1-c1cc(C)ccc1C. The minimum Gasteiger partial charge on any atom is -0.351 e. The number of hydrogen-bond donors (Lipinski definition) is 1. The van der Waals surface area contributed by atoms with Crippen molar-refractivity contribution in [3.05, 3.63) is 58.6 Å². The van der Waals surface area contributed by atoms with E-state index in [0.29, 0.717) is 12.2 Å². The molecule has 0 radical (unpaired) electrons. The van der Waals surface area contributed by atoms with Gasteiger partial charge in [0.1, 0.15) is 11.4 Å². The molecule has 1 N–H and O–H groups in total. The fourth-order valence-electron chi connectivity index (χ4n) is 2.69. The average molecular weight is 353 g/mol. The van der Waals surface area contributed by atoms with Gasteiger partial charge in [-0.25, -0.2) is 4.68 Å². The molecule has 130 valence electrons. The summed E-state index contributed by atoms with van der Waals surface area (Å²) in [7, 11) is 0. The lowest BCUT2D eigenvalue weighted by Crippen LogP contribution is -2.26. The Hall–Kier alpha value is -2.40. The molecule has 3 rings (SSSR count). The number of carbonyl (C=O) groups excluding carboxylic acids is 1. The van der Waals surface area contributed by atoms with Crippen LogP contribution in [0.1, 0.15) is 41.4 Å². The van der Waals surface area contributed by atoms with Crippen LogP contribution in [0.3, 0.4) is 0 Å². The van der Waals surface area contributed by atoms with Crippen molar-refractivity contribution in [3.8, 4) is 16.3 Å². The van der Waals surface area contributed by atoms with Crippen LogP contribution in [0.4, 0.5) is 0 Å². The van der Waals surface area contributed by atoms with Crippen molar-refractivity contribution in [1.82, 2.24) is 15.1 Å². The molecule has 0 saturated carbocycles. The minimum absolute atomic E-state index is 0.0790. The fourth-order valence-corrected chi connectivity index (χ4v) is 3.37. The predicted octanol–water partition coefficient (Wildman–Crippen LogP) is 4.75. The Kier molecular flexibility index (Phi) is 5.34. The highest BCUT2D eigenvalue weighted by atomic mass is 32.1. The molecule has 5 heteroatoms. The summed E-state index contributed by atoms with van der Waals surface area (Å²) in [6, 6.07) is 12.1. The second-order valence-corrected chi connectivity index (χ2v) is 7.15. The van der Waals surface area contributed by atoms with E-state index in [1.165, 1.54) is 0 Å². The monoisotopic (exact) mass is 353 g/mol. The molecule has 0 spiro atoms. The molecule has 1 amide bonds. The van der Waals surface area contributed by atoms with E-state index in [2.05, 4.69) is 30.4 Å². The Morgan fingerprint density at radius 2 is 2.08 bits per heavy atom. The second-order valence-electron chi connectivity index (χ2n) is 6.20. The highest BCUT2D eigenvalue weighted by Gasteiger charge is 2.19. The van der Waals surface area contributed by atoms with Gasteiger partial charge in [0.15, 0.2) is 0 Å². The Balaban J connectivity index is 2.05. The minimum atomic E-state index is -0.0790. The van der Waals surface area contributed by atoms with Gasteiger partial charge in [-0.1, -0.05) is 31.5 Å². The van der Waals surface area contributed by atoms with E-state index in [4.69, 9.17) is 5.10 Å². The maximum absolute atomic E-state index is 12.7. The topological polar surface area (TPSA) is 46.9 Å². The van der Waals surface area contributed by atoms with Crippen LogP contribution in [0, 0.1) is 13.8 Å². The van der Waals surface area contributed by atoms with E-state index in [1.54, 1.807) is 16.0 Å². The number of nitrogens with zero attached hydrogens (tertiary/aromatic N) is 2. The van der Waals surface area contributed by atoms with E-state index in [1.807, 2.05) is 37.4 Å². The molecule has 0 aliphatic heterocycles. The van der Waals surface area contributed by atoms with E-state index < -0.39 is 0 Å². The molecule has 0 aliphatic rings. The van der Waals surface area contributed by atoms with Crippen molar-refractivity contribution < 1.29 is 4.79 Å². The third kappa shape index (κ3) is 3.82. The van der Waals surface area contributed by atoms with Gasteiger partial charge >= 0.3 is 0 Å². The highest BCUT2D eigenvalue weighted by Crippen LogP contribution is 2.27. The largest absolute Gasteiger partial charge is 0.351 e. The summed E-state index contributed by atoms with van der Waals surface area (Å²) in [5.74, 6) is -0.0790. The molecular formula is C20H23N3OS. The molecule has 25 heavy (non-hydrogen) atoms. The molecule has 0 saturated heterocycles. The lowest BCUT2D eigenvalue weighted by molar-refractivity contribution is 0.0945. The summed E-state index contributed by atoms with van der Waals surface area (Å²) >= 11 is 1.63. The lowest BCUT2D eigenvalue weighted by Gasteiger charge is -2.11. The lowest BCUT2D eigenvalue weighted by atomic mass is 10.1. The van der Waals surface area contributed by atoms with Gasteiger partial charge in [-0.3, -0.25) is 4.79 Å². The van der Waals surface area contributed by atoms with Crippen LogP contribution in [0.2, 0.25) is 0 Å². The number of hydrogen-bond acceptors (Lipinski definition) is 3. The van der Waals surface area contributed by atoms with Crippen molar-refractivity contribution in [3.63, 3.8) is 0 Å². The Morgan fingerprint density at radius 1 is 1.24 bits per heavy atom. The molecule has 2 aromatic heterocycles. The van der Waals surface area contributed by atoms with Crippen LogP contribution in [-0.4, -0.2) is 22.2 Å². The highest BCUT2D eigenvalue weighted by molar-refractivity contribution is 7.13. The van der Waals surface area contributed by atoms with Crippen LogP contribution in [0.5, 0.6) is 0 Å². The Morgan fingerprint density at radius 3 is 2.80 bits per heavy atom. The number of carbonyl (C=O) groups is 1. The zero-order valence-corrected chi connectivity index (χ0v) is 15.7. The Labute approximate surface area is 152 Å². The van der Waals surface area contributed by atoms with Crippen molar-refractivity contribution in [2.45, 2.75) is 33.6 Å². The average Bonchev–Trinajstić information content (AvgIpc) is 3.26. The summed E-state index contributed by atoms with van der Waals surface area (Å²) in [4.78, 5) is 13.8. The van der Waals surface area contributed by atoms with Gasteiger partial charge in [-0.15, -0.1) is 11.3 Å². The van der Waals surface area contributed by atoms with E-state index in [-0.39, 0.29) is 5.91 Å². The number of aromatic nitrogens is 2. The van der Waals surface area contributed by atoms with Crippen LogP contribution in [0.25, 0.3) is 16.3 Å². The fraction of sp³-hybridized carbons (Fsp3) is 0.300. The van der Waals surface area contributed by atoms with E-state index >= 15 is 0 Å². The molecular weight excluding hydrogens is 330 g/mol. The third-order valence-electron chi connectivity index (χ3n) is 4.12. The molecule has 3 aromatic rings. The van der Waals surface area contributed by atoms with Gasteiger partial charge in [0, 0.05) is 6.54 Å². The first-order chi connectivity index (χ1) is 12.1. The predicted molar refractivity (Wildman–Crippen MR) is 104 cm³/mol. The van der Waals surface area contributed by atoms with Gasteiger partial charge in [0.25, 0.3) is 5.91 Å². The molecule has 4 nitrogen and oxygen atoms in total. The normalized spacial score (nSPS) is 10.8. The smallest absolute Gasteiger partial charge is 0.270 e. The number of unbranched alkanes of at least 4 members (excludes halogenated alkanes) is 1. The number of amides is 1. The quantitative estimate of drug-likeness (QED) is 0.650. The van der Waals surface area contributed by atoms with Gasteiger partial charge in [-0.2, -0.15) is 5.10 Å².